The fourth-order valence-electron chi connectivity index (χ4n) is 1.47. The second-order valence-electron chi connectivity index (χ2n) is 3.99. The molecule has 0 radical (unpaired) electrons. The number of halogens is 3. The second kappa shape index (κ2) is 5.97. The van der Waals surface area contributed by atoms with Gasteiger partial charge in [-0.2, -0.15) is 0 Å². The molecule has 1 rings (SSSR count). The summed E-state index contributed by atoms with van der Waals surface area (Å²) in [6.45, 7) is 3.18. The molecule has 1 aromatic carbocycles. The van der Waals surface area contributed by atoms with Crippen molar-refractivity contribution in [1.82, 2.24) is 0 Å². The van der Waals surface area contributed by atoms with Crippen molar-refractivity contribution in [2.45, 2.75) is 19.9 Å². The van der Waals surface area contributed by atoms with Gasteiger partial charge in [0.15, 0.2) is 9.84 Å². The predicted octanol–water partition coefficient (Wildman–Crippen LogP) is 2.96. The molecule has 0 saturated heterocycles. The minimum Gasteiger partial charge on any atom is -0.378 e. The molecule has 0 spiro atoms. The Morgan fingerprint density at radius 1 is 1.39 bits per heavy atom. The maximum atomic E-state index is 13.5. The van der Waals surface area contributed by atoms with Crippen LogP contribution in [0.1, 0.15) is 13.8 Å². The van der Waals surface area contributed by atoms with Gasteiger partial charge in [0.2, 0.25) is 0 Å². The summed E-state index contributed by atoms with van der Waals surface area (Å²) >= 11 is 3.03. The minimum absolute atomic E-state index is 0.0338. The fraction of sp³-hybridized carbons (Fsp3) is 0.455. The Morgan fingerprint density at radius 2 is 2.00 bits per heavy atom. The molecule has 1 N–H and O–H groups in total. The van der Waals surface area contributed by atoms with E-state index < -0.39 is 27.5 Å². The number of rotatable bonds is 5. The molecule has 1 aromatic rings. The van der Waals surface area contributed by atoms with Crippen LogP contribution in [0, 0.1) is 11.6 Å². The summed E-state index contributed by atoms with van der Waals surface area (Å²) in [6.07, 6.45) is 0. The van der Waals surface area contributed by atoms with Crippen LogP contribution < -0.4 is 5.32 Å². The Hall–Kier alpha value is -0.690. The zero-order valence-corrected chi connectivity index (χ0v) is 12.4. The normalized spacial score (nSPS) is 13.4. The number of anilines is 1. The molecule has 0 heterocycles. The SMILES string of the molecule is CCS(=O)(=O)CC(C)Nc1c(F)cc(F)cc1Br. The Balaban J connectivity index is 2.86. The summed E-state index contributed by atoms with van der Waals surface area (Å²) in [7, 11) is -3.15. The van der Waals surface area contributed by atoms with Crippen molar-refractivity contribution in [2.24, 2.45) is 0 Å². The summed E-state index contributed by atoms with van der Waals surface area (Å²) in [5, 5.41) is 2.73. The van der Waals surface area contributed by atoms with E-state index in [0.717, 1.165) is 12.1 Å². The highest BCUT2D eigenvalue weighted by Crippen LogP contribution is 2.27. The first-order chi connectivity index (χ1) is 8.25. The maximum absolute atomic E-state index is 13.5. The van der Waals surface area contributed by atoms with E-state index in [4.69, 9.17) is 0 Å². The summed E-state index contributed by atoms with van der Waals surface area (Å²) in [5.74, 6) is -1.53. The van der Waals surface area contributed by atoms with E-state index >= 15 is 0 Å². The van der Waals surface area contributed by atoms with Gasteiger partial charge in [-0.05, 0) is 28.9 Å². The highest BCUT2D eigenvalue weighted by Gasteiger charge is 2.17. The van der Waals surface area contributed by atoms with Crippen molar-refractivity contribution in [3.63, 3.8) is 0 Å². The first-order valence-electron chi connectivity index (χ1n) is 5.36. The molecule has 0 aromatic heterocycles. The van der Waals surface area contributed by atoms with Crippen molar-refractivity contribution in [3.8, 4) is 0 Å². The number of benzene rings is 1. The fourth-order valence-corrected chi connectivity index (χ4v) is 3.07. The quantitative estimate of drug-likeness (QED) is 0.895. The number of hydrogen-bond donors (Lipinski definition) is 1. The summed E-state index contributed by atoms with van der Waals surface area (Å²) in [6, 6.07) is 1.40. The molecule has 102 valence electrons. The van der Waals surface area contributed by atoms with E-state index in [0.29, 0.717) is 0 Å². The number of hydrogen-bond acceptors (Lipinski definition) is 3. The molecule has 0 fully saturated rings. The van der Waals surface area contributed by atoms with E-state index in [1.54, 1.807) is 13.8 Å². The molecule has 3 nitrogen and oxygen atoms in total. The molecule has 0 aliphatic heterocycles. The van der Waals surface area contributed by atoms with E-state index in [1.165, 1.54) is 0 Å². The largest absolute Gasteiger partial charge is 0.378 e. The van der Waals surface area contributed by atoms with E-state index in [2.05, 4.69) is 21.2 Å². The Bertz CT molecular complexity index is 511. The highest BCUT2D eigenvalue weighted by molar-refractivity contribution is 9.10. The lowest BCUT2D eigenvalue weighted by atomic mass is 10.2. The second-order valence-corrected chi connectivity index (χ2v) is 7.24. The summed E-state index contributed by atoms with van der Waals surface area (Å²) in [4.78, 5) is 0. The number of nitrogens with one attached hydrogen (secondary N) is 1. The molecular formula is C11H14BrF2NO2S. The van der Waals surface area contributed by atoms with Gasteiger partial charge in [0.1, 0.15) is 11.6 Å². The maximum Gasteiger partial charge on any atom is 0.152 e. The van der Waals surface area contributed by atoms with Crippen LogP contribution in [0.25, 0.3) is 0 Å². The zero-order chi connectivity index (χ0) is 13.9. The van der Waals surface area contributed by atoms with Crippen molar-refractivity contribution in [1.29, 1.82) is 0 Å². The van der Waals surface area contributed by atoms with Crippen molar-refractivity contribution < 1.29 is 17.2 Å². The Labute approximate surface area is 114 Å². The smallest absolute Gasteiger partial charge is 0.152 e. The van der Waals surface area contributed by atoms with E-state index in [-0.39, 0.29) is 21.7 Å². The van der Waals surface area contributed by atoms with Crippen molar-refractivity contribution in [2.75, 3.05) is 16.8 Å². The third-order valence-electron chi connectivity index (χ3n) is 2.34. The topological polar surface area (TPSA) is 46.2 Å². The average Bonchev–Trinajstić information content (AvgIpc) is 2.22. The molecule has 0 aliphatic carbocycles. The molecule has 0 saturated carbocycles. The van der Waals surface area contributed by atoms with Gasteiger partial charge in [-0.1, -0.05) is 6.92 Å². The predicted molar refractivity (Wildman–Crippen MR) is 71.5 cm³/mol. The van der Waals surface area contributed by atoms with E-state index in [9.17, 15) is 17.2 Å². The molecule has 1 unspecified atom stereocenters. The van der Waals surface area contributed by atoms with E-state index in [1.807, 2.05) is 0 Å². The van der Waals surface area contributed by atoms with Gasteiger partial charge in [0.25, 0.3) is 0 Å². The average molecular weight is 342 g/mol. The molecule has 0 amide bonds. The van der Waals surface area contributed by atoms with Crippen LogP contribution in [0.2, 0.25) is 0 Å². The summed E-state index contributed by atoms with van der Waals surface area (Å²) < 4.78 is 49.4. The molecule has 18 heavy (non-hydrogen) atoms. The Kier molecular flexibility index (Phi) is 5.10. The summed E-state index contributed by atoms with van der Waals surface area (Å²) in [5.41, 5.74) is 0.0650. The standard InChI is InChI=1S/C11H14BrF2NO2S/c1-3-18(16,17)6-7(2)15-11-9(12)4-8(13)5-10(11)14/h4-5,7,15H,3,6H2,1-2H3. The van der Waals surface area contributed by atoms with Gasteiger partial charge in [-0.15, -0.1) is 0 Å². The minimum atomic E-state index is -3.15. The molecule has 0 aliphatic rings. The van der Waals surface area contributed by atoms with Gasteiger partial charge < -0.3 is 5.32 Å². The van der Waals surface area contributed by atoms with Crippen LogP contribution in [0.4, 0.5) is 14.5 Å². The van der Waals surface area contributed by atoms with Crippen LogP contribution in [0.15, 0.2) is 16.6 Å². The lowest BCUT2D eigenvalue weighted by Gasteiger charge is -2.16. The number of sulfone groups is 1. The van der Waals surface area contributed by atoms with Crippen molar-refractivity contribution >= 4 is 31.5 Å². The lowest BCUT2D eigenvalue weighted by molar-refractivity contribution is 0.580. The van der Waals surface area contributed by atoms with Crippen LogP contribution in [0.3, 0.4) is 0 Å². The first-order valence-corrected chi connectivity index (χ1v) is 7.98. The zero-order valence-electron chi connectivity index (χ0n) is 10.0. The third kappa shape index (κ3) is 4.20. The third-order valence-corrected chi connectivity index (χ3v) is 4.85. The molecule has 7 heteroatoms. The lowest BCUT2D eigenvalue weighted by Crippen LogP contribution is -2.27. The molecule has 1 atom stereocenters. The first kappa shape index (κ1) is 15.4. The van der Waals surface area contributed by atoms with Crippen LogP contribution >= 0.6 is 15.9 Å². The van der Waals surface area contributed by atoms with Gasteiger partial charge in [-0.25, -0.2) is 17.2 Å². The molecule has 0 bridgehead atoms. The Morgan fingerprint density at radius 3 is 2.50 bits per heavy atom. The van der Waals surface area contributed by atoms with Gasteiger partial charge >= 0.3 is 0 Å². The highest BCUT2D eigenvalue weighted by atomic mass is 79.9. The molecular weight excluding hydrogens is 328 g/mol. The van der Waals surface area contributed by atoms with Gasteiger partial charge in [-0.3, -0.25) is 0 Å². The van der Waals surface area contributed by atoms with Crippen LogP contribution in [-0.2, 0) is 9.84 Å². The van der Waals surface area contributed by atoms with Crippen LogP contribution in [0.5, 0.6) is 0 Å². The van der Waals surface area contributed by atoms with Gasteiger partial charge in [0, 0.05) is 22.3 Å². The monoisotopic (exact) mass is 341 g/mol. The van der Waals surface area contributed by atoms with Crippen LogP contribution in [-0.4, -0.2) is 26.0 Å². The van der Waals surface area contributed by atoms with Gasteiger partial charge in [0.05, 0.1) is 11.4 Å². The van der Waals surface area contributed by atoms with Crippen molar-refractivity contribution in [3.05, 3.63) is 28.2 Å².